The van der Waals surface area contributed by atoms with Crippen LogP contribution in [0, 0.1) is 5.82 Å². The van der Waals surface area contributed by atoms with Crippen LogP contribution in [0.4, 0.5) is 21.7 Å². The molecule has 0 bridgehead atoms. The number of hydrazone groups is 1. The highest BCUT2D eigenvalue weighted by molar-refractivity contribution is 5.81. The number of anilines is 3. The Morgan fingerprint density at radius 3 is 2.30 bits per heavy atom. The van der Waals surface area contributed by atoms with Crippen LogP contribution in [0.3, 0.4) is 0 Å². The van der Waals surface area contributed by atoms with Crippen LogP contribution in [-0.2, 0) is 0 Å². The molecule has 2 aromatic heterocycles. The molecule has 0 spiro atoms. The largest absolute Gasteiger partial charge is 0.508 e. The van der Waals surface area contributed by atoms with E-state index in [-0.39, 0.29) is 28.7 Å². The Morgan fingerprint density at radius 2 is 1.59 bits per heavy atom. The molecule has 10 heteroatoms. The van der Waals surface area contributed by atoms with Crippen molar-refractivity contribution in [3.8, 4) is 5.75 Å². The normalized spacial score (nSPS) is 11.1. The van der Waals surface area contributed by atoms with E-state index in [0.717, 1.165) is 5.56 Å². The number of hydrogen-bond acceptors (Lipinski definition) is 9. The fourth-order valence-electron chi connectivity index (χ4n) is 2.20. The average molecular weight is 365 g/mol. The monoisotopic (exact) mass is 365 g/mol. The zero-order chi connectivity index (χ0) is 18.6. The molecular weight excluding hydrogens is 353 g/mol. The van der Waals surface area contributed by atoms with Gasteiger partial charge in [0, 0.05) is 5.69 Å². The number of hydrogen-bond donors (Lipinski definition) is 3. The molecule has 2 heterocycles. The van der Waals surface area contributed by atoms with Gasteiger partial charge in [0.1, 0.15) is 11.6 Å². The van der Waals surface area contributed by atoms with E-state index in [4.69, 9.17) is 0 Å². The van der Waals surface area contributed by atoms with Crippen molar-refractivity contribution in [2.24, 2.45) is 5.10 Å². The molecule has 0 unspecified atom stereocenters. The summed E-state index contributed by atoms with van der Waals surface area (Å²) in [5.41, 5.74) is 4.58. The molecular formula is C17H12FN7O2. The molecule has 0 atom stereocenters. The molecule has 134 valence electrons. The number of halogens is 1. The third-order valence-corrected chi connectivity index (χ3v) is 3.50. The summed E-state index contributed by atoms with van der Waals surface area (Å²) in [5.74, 6) is 0.408. The van der Waals surface area contributed by atoms with Crippen LogP contribution < -0.4 is 10.7 Å². The average Bonchev–Trinajstić information content (AvgIpc) is 3.12. The van der Waals surface area contributed by atoms with Gasteiger partial charge in [-0.05, 0) is 64.4 Å². The fraction of sp³-hybridized carbons (Fsp3) is 0. The summed E-state index contributed by atoms with van der Waals surface area (Å²) in [6.45, 7) is 0. The SMILES string of the molecule is Oc1ccc(C=NNc2nc3nonc3nc2Nc2ccc(F)cc2)cc1. The molecule has 4 aromatic rings. The number of nitrogens with one attached hydrogen (secondary N) is 2. The topological polar surface area (TPSA) is 121 Å². The highest BCUT2D eigenvalue weighted by Crippen LogP contribution is 2.24. The van der Waals surface area contributed by atoms with E-state index < -0.39 is 0 Å². The summed E-state index contributed by atoms with van der Waals surface area (Å²) in [5, 5.41) is 23.8. The number of nitrogens with zero attached hydrogens (tertiary/aromatic N) is 5. The standard InChI is InChI=1S/C17H12FN7O2/c18-11-3-5-12(6-4-11)20-14-15(22-17-16(21-14)24-27-25-17)23-19-9-10-1-7-13(26)8-2-10/h1-9,26H,(H,20,21,24)(H,22,23,25). The van der Waals surface area contributed by atoms with Crippen LogP contribution in [0.2, 0.25) is 0 Å². The van der Waals surface area contributed by atoms with E-state index in [2.05, 4.69) is 40.8 Å². The van der Waals surface area contributed by atoms with Gasteiger partial charge in [-0.3, -0.25) is 5.43 Å². The predicted octanol–water partition coefficient (Wildman–Crippen LogP) is 3.05. The zero-order valence-electron chi connectivity index (χ0n) is 13.7. The number of aromatic hydroxyl groups is 1. The van der Waals surface area contributed by atoms with Crippen LogP contribution in [0.1, 0.15) is 5.56 Å². The highest BCUT2D eigenvalue weighted by Gasteiger charge is 2.12. The maximum Gasteiger partial charge on any atom is 0.245 e. The van der Waals surface area contributed by atoms with E-state index >= 15 is 0 Å². The summed E-state index contributed by atoms with van der Waals surface area (Å²) in [4.78, 5) is 8.55. The van der Waals surface area contributed by atoms with Crippen molar-refractivity contribution in [3.63, 3.8) is 0 Å². The molecule has 0 amide bonds. The molecule has 0 saturated carbocycles. The van der Waals surface area contributed by atoms with Crippen LogP contribution in [-0.4, -0.2) is 31.6 Å². The molecule has 0 aliphatic carbocycles. The summed E-state index contributed by atoms with van der Waals surface area (Å²) < 4.78 is 17.7. The Labute approximate surface area is 151 Å². The fourth-order valence-corrected chi connectivity index (χ4v) is 2.20. The lowest BCUT2D eigenvalue weighted by Gasteiger charge is -2.09. The first-order chi connectivity index (χ1) is 13.2. The Bertz CT molecular complexity index is 1090. The van der Waals surface area contributed by atoms with Gasteiger partial charge in [-0.25, -0.2) is 14.0 Å². The van der Waals surface area contributed by atoms with E-state index in [1.807, 2.05) is 0 Å². The number of phenols is 1. The van der Waals surface area contributed by atoms with Gasteiger partial charge < -0.3 is 10.4 Å². The Hall–Kier alpha value is -4.08. The molecule has 3 N–H and O–H groups in total. The van der Waals surface area contributed by atoms with Crippen LogP contribution in [0.15, 0.2) is 58.3 Å². The molecule has 0 radical (unpaired) electrons. The van der Waals surface area contributed by atoms with Gasteiger partial charge in [0.25, 0.3) is 0 Å². The smallest absolute Gasteiger partial charge is 0.245 e. The lowest BCUT2D eigenvalue weighted by atomic mass is 10.2. The summed E-state index contributed by atoms with van der Waals surface area (Å²) in [6.07, 6.45) is 1.55. The van der Waals surface area contributed by atoms with Crippen LogP contribution in [0.5, 0.6) is 5.75 Å². The van der Waals surface area contributed by atoms with Crippen molar-refractivity contribution in [1.82, 2.24) is 20.3 Å². The number of fused-ring (bicyclic) bond motifs is 1. The third-order valence-electron chi connectivity index (χ3n) is 3.50. The molecule has 0 aliphatic rings. The molecule has 0 fully saturated rings. The second kappa shape index (κ2) is 7.04. The molecule has 0 aliphatic heterocycles. The van der Waals surface area contributed by atoms with E-state index in [0.29, 0.717) is 11.5 Å². The Kier molecular flexibility index (Phi) is 4.27. The highest BCUT2D eigenvalue weighted by atomic mass is 19.1. The van der Waals surface area contributed by atoms with Gasteiger partial charge in [-0.1, -0.05) is 0 Å². The molecule has 0 saturated heterocycles. The van der Waals surface area contributed by atoms with Crippen molar-refractivity contribution in [2.45, 2.75) is 0 Å². The molecule has 27 heavy (non-hydrogen) atoms. The van der Waals surface area contributed by atoms with Crippen LogP contribution in [0.25, 0.3) is 11.3 Å². The van der Waals surface area contributed by atoms with Crippen molar-refractivity contribution < 1.29 is 14.1 Å². The van der Waals surface area contributed by atoms with Gasteiger partial charge in [-0.2, -0.15) is 10.1 Å². The minimum atomic E-state index is -0.348. The second-order valence-corrected chi connectivity index (χ2v) is 5.43. The van der Waals surface area contributed by atoms with E-state index in [9.17, 15) is 9.50 Å². The minimum Gasteiger partial charge on any atom is -0.508 e. The predicted molar refractivity (Wildman–Crippen MR) is 96.4 cm³/mol. The van der Waals surface area contributed by atoms with Gasteiger partial charge >= 0.3 is 0 Å². The third kappa shape index (κ3) is 3.79. The van der Waals surface area contributed by atoms with Crippen molar-refractivity contribution >= 4 is 34.8 Å². The molecule has 2 aromatic carbocycles. The number of rotatable bonds is 5. The number of aromatic nitrogens is 4. The first-order valence-electron chi connectivity index (χ1n) is 7.78. The summed E-state index contributed by atoms with van der Waals surface area (Å²) in [6, 6.07) is 12.3. The number of phenolic OH excluding ortho intramolecular Hbond substituents is 1. The molecule has 9 nitrogen and oxygen atoms in total. The first kappa shape index (κ1) is 16.4. The van der Waals surface area contributed by atoms with Crippen LogP contribution >= 0.6 is 0 Å². The summed E-state index contributed by atoms with van der Waals surface area (Å²) >= 11 is 0. The van der Waals surface area contributed by atoms with E-state index in [1.54, 1.807) is 42.6 Å². The lowest BCUT2D eigenvalue weighted by molar-refractivity contribution is 0.314. The second-order valence-electron chi connectivity index (χ2n) is 5.43. The Morgan fingerprint density at radius 1 is 0.926 bits per heavy atom. The maximum atomic E-state index is 13.1. The Balaban J connectivity index is 1.61. The minimum absolute atomic E-state index is 0.167. The van der Waals surface area contributed by atoms with Gasteiger partial charge in [0.2, 0.25) is 11.3 Å². The zero-order valence-corrected chi connectivity index (χ0v) is 13.7. The number of benzene rings is 2. The maximum absolute atomic E-state index is 13.1. The lowest BCUT2D eigenvalue weighted by Crippen LogP contribution is -2.03. The molecule has 4 rings (SSSR count). The van der Waals surface area contributed by atoms with Gasteiger partial charge in [-0.15, -0.1) is 0 Å². The van der Waals surface area contributed by atoms with Crippen molar-refractivity contribution in [1.29, 1.82) is 0 Å². The first-order valence-corrected chi connectivity index (χ1v) is 7.78. The quantitative estimate of drug-likeness (QED) is 0.364. The van der Waals surface area contributed by atoms with Crippen molar-refractivity contribution in [3.05, 3.63) is 59.9 Å². The van der Waals surface area contributed by atoms with E-state index in [1.165, 1.54) is 12.1 Å². The van der Waals surface area contributed by atoms with Gasteiger partial charge in [0.05, 0.1) is 6.21 Å². The van der Waals surface area contributed by atoms with Crippen molar-refractivity contribution in [2.75, 3.05) is 10.7 Å². The van der Waals surface area contributed by atoms with Gasteiger partial charge in [0.15, 0.2) is 11.6 Å². The summed E-state index contributed by atoms with van der Waals surface area (Å²) in [7, 11) is 0.